The van der Waals surface area contributed by atoms with E-state index in [-0.39, 0.29) is 12.1 Å². The van der Waals surface area contributed by atoms with Crippen molar-refractivity contribution < 1.29 is 14.6 Å². The largest absolute Gasteiger partial charge is 0.450 e. The van der Waals surface area contributed by atoms with Gasteiger partial charge >= 0.3 is 13.6 Å². The van der Waals surface area contributed by atoms with E-state index in [0.717, 1.165) is 13.3 Å². The third-order valence-corrected chi connectivity index (χ3v) is 3.50. The summed E-state index contributed by atoms with van der Waals surface area (Å²) >= 11 is 0. The zero-order chi connectivity index (χ0) is 16.3. The minimum atomic E-state index is -0.485. The second-order valence-electron chi connectivity index (χ2n) is 6.55. The topological polar surface area (TPSA) is 65.9 Å². The maximum Gasteiger partial charge on any atom is 0.410 e. The van der Waals surface area contributed by atoms with Crippen molar-refractivity contribution in [3.63, 3.8) is 0 Å². The molecular weight excluding hydrogens is 281 g/mol. The molecule has 1 radical (unpaired) electrons. The Bertz CT molecular complexity index is 533. The van der Waals surface area contributed by atoms with Gasteiger partial charge in [0.25, 0.3) is 0 Å². The van der Waals surface area contributed by atoms with Crippen molar-refractivity contribution in [1.29, 1.82) is 0 Å². The van der Waals surface area contributed by atoms with E-state index in [4.69, 9.17) is 9.76 Å². The summed E-state index contributed by atoms with van der Waals surface area (Å²) in [6.07, 6.45) is 1.40. The van der Waals surface area contributed by atoms with Gasteiger partial charge in [-0.25, -0.2) is 9.78 Å². The predicted octanol–water partition coefficient (Wildman–Crippen LogP) is 0.764. The van der Waals surface area contributed by atoms with Crippen molar-refractivity contribution in [2.45, 2.75) is 39.3 Å². The molecule has 2 heterocycles. The van der Waals surface area contributed by atoms with E-state index >= 15 is 0 Å². The van der Waals surface area contributed by atoms with E-state index < -0.39 is 5.60 Å². The number of hydrogen-bond donors (Lipinski definition) is 1. The van der Waals surface area contributed by atoms with Crippen LogP contribution in [-0.2, 0) is 4.74 Å². The lowest BCUT2D eigenvalue weighted by molar-refractivity contribution is 0.0158. The summed E-state index contributed by atoms with van der Waals surface area (Å²) in [5.41, 5.74) is 0.230. The van der Waals surface area contributed by atoms with Crippen LogP contribution < -0.4 is 10.4 Å². The molecule has 7 heteroatoms. The monoisotopic (exact) mass is 304 g/mol. The molecule has 2 rings (SSSR count). The van der Waals surface area contributed by atoms with E-state index in [0.29, 0.717) is 25.1 Å². The molecule has 1 fully saturated rings. The Morgan fingerprint density at radius 3 is 2.77 bits per heavy atom. The quantitative estimate of drug-likeness (QED) is 0.817. The molecule has 1 aromatic heterocycles. The zero-order valence-electron chi connectivity index (χ0n) is 13.6. The number of carbonyl (C=O) groups excluding carboxylic acids is 1. The number of ether oxygens (including phenoxy) is 1. The summed E-state index contributed by atoms with van der Waals surface area (Å²) in [5, 5.41) is 9.09. The van der Waals surface area contributed by atoms with Gasteiger partial charge in [-0.15, -0.1) is 0 Å². The highest BCUT2D eigenvalue weighted by molar-refractivity contribution is 6.45. The number of nitrogens with zero attached hydrogens (tertiary/aromatic N) is 3. The summed E-state index contributed by atoms with van der Waals surface area (Å²) in [7, 11) is 1.06. The Morgan fingerprint density at radius 2 is 2.18 bits per heavy atom. The fourth-order valence-electron chi connectivity index (χ4n) is 2.44. The van der Waals surface area contributed by atoms with Crippen molar-refractivity contribution in [2.24, 2.45) is 0 Å². The molecule has 1 aliphatic rings. The Hall–Kier alpha value is -1.76. The molecule has 119 valence electrons. The molecule has 0 unspecified atom stereocenters. The number of rotatable bonds is 2. The standard InChI is InChI=1S/C15H23BN3O3/c1-11-10-18(13-9-12(16-21)5-6-17-13)7-8-19(11)14(20)22-15(2,3)4/h5-6,9,11,21H,7-8,10H2,1-4H3/t11-/m0/s1. The molecule has 1 N–H and O–H groups in total. The van der Waals surface area contributed by atoms with Crippen LogP contribution in [0, 0.1) is 0 Å². The van der Waals surface area contributed by atoms with Crippen LogP contribution in [0.3, 0.4) is 0 Å². The van der Waals surface area contributed by atoms with Crippen molar-refractivity contribution >= 4 is 24.9 Å². The van der Waals surface area contributed by atoms with Gasteiger partial charge in [0.15, 0.2) is 0 Å². The van der Waals surface area contributed by atoms with Crippen LogP contribution in [0.25, 0.3) is 0 Å². The third kappa shape index (κ3) is 4.13. The van der Waals surface area contributed by atoms with Crippen LogP contribution in [0.5, 0.6) is 0 Å². The Morgan fingerprint density at radius 1 is 1.45 bits per heavy atom. The van der Waals surface area contributed by atoms with Crippen LogP contribution in [-0.4, -0.2) is 59.8 Å². The molecule has 0 saturated carbocycles. The van der Waals surface area contributed by atoms with Crippen LogP contribution in [0.2, 0.25) is 0 Å². The number of carbonyl (C=O) groups is 1. The maximum absolute atomic E-state index is 12.2. The summed E-state index contributed by atoms with van der Waals surface area (Å²) in [6, 6.07) is 3.60. The summed E-state index contributed by atoms with van der Waals surface area (Å²) < 4.78 is 5.44. The van der Waals surface area contributed by atoms with Gasteiger partial charge in [0.05, 0.1) is 0 Å². The van der Waals surface area contributed by atoms with Gasteiger partial charge in [0.2, 0.25) is 0 Å². The van der Waals surface area contributed by atoms with Gasteiger partial charge in [-0.2, -0.15) is 0 Å². The lowest BCUT2D eigenvalue weighted by atomic mass is 9.90. The van der Waals surface area contributed by atoms with Crippen molar-refractivity contribution in [1.82, 2.24) is 9.88 Å². The van der Waals surface area contributed by atoms with E-state index in [9.17, 15) is 4.79 Å². The Kier molecular flexibility index (Phi) is 4.96. The number of piperazine rings is 1. The van der Waals surface area contributed by atoms with Gasteiger partial charge in [-0.05, 0) is 45.3 Å². The highest BCUT2D eigenvalue weighted by atomic mass is 16.6. The average molecular weight is 304 g/mol. The number of amides is 1. The highest BCUT2D eigenvalue weighted by Gasteiger charge is 2.31. The number of aromatic nitrogens is 1. The van der Waals surface area contributed by atoms with E-state index in [1.807, 2.05) is 33.8 Å². The molecule has 0 aromatic carbocycles. The highest BCUT2D eigenvalue weighted by Crippen LogP contribution is 2.18. The molecule has 6 nitrogen and oxygen atoms in total. The van der Waals surface area contributed by atoms with Crippen LogP contribution in [0.15, 0.2) is 18.3 Å². The zero-order valence-corrected chi connectivity index (χ0v) is 13.6. The fourth-order valence-corrected chi connectivity index (χ4v) is 2.44. The minimum absolute atomic E-state index is 0.0344. The smallest absolute Gasteiger partial charge is 0.410 e. The molecular formula is C15H23BN3O3. The first kappa shape index (κ1) is 16.6. The van der Waals surface area contributed by atoms with Crippen molar-refractivity contribution in [3.8, 4) is 0 Å². The number of hydrogen-bond acceptors (Lipinski definition) is 5. The molecule has 0 spiro atoms. The van der Waals surface area contributed by atoms with E-state index in [2.05, 4.69) is 9.88 Å². The van der Waals surface area contributed by atoms with Gasteiger partial charge in [-0.1, -0.05) is 0 Å². The van der Waals surface area contributed by atoms with Gasteiger partial charge in [0.1, 0.15) is 11.4 Å². The lowest BCUT2D eigenvalue weighted by Crippen LogP contribution is -2.55. The molecule has 1 atom stereocenters. The average Bonchev–Trinajstić information content (AvgIpc) is 2.45. The number of pyridine rings is 1. The predicted molar refractivity (Wildman–Crippen MR) is 86.5 cm³/mol. The summed E-state index contributed by atoms with van der Waals surface area (Å²) in [6.45, 7) is 9.56. The Balaban J connectivity index is 2.01. The molecule has 0 aliphatic carbocycles. The molecule has 1 aliphatic heterocycles. The summed E-state index contributed by atoms with van der Waals surface area (Å²) in [5.74, 6) is 0.804. The fraction of sp³-hybridized carbons (Fsp3) is 0.600. The molecule has 1 amide bonds. The van der Waals surface area contributed by atoms with Gasteiger partial charge < -0.3 is 19.6 Å². The van der Waals surface area contributed by atoms with E-state index in [1.165, 1.54) is 0 Å². The molecule has 1 saturated heterocycles. The van der Waals surface area contributed by atoms with E-state index in [1.54, 1.807) is 17.2 Å². The van der Waals surface area contributed by atoms with Gasteiger partial charge in [-0.3, -0.25) is 0 Å². The van der Waals surface area contributed by atoms with Crippen molar-refractivity contribution in [3.05, 3.63) is 18.3 Å². The minimum Gasteiger partial charge on any atom is -0.450 e. The second-order valence-corrected chi connectivity index (χ2v) is 6.55. The Labute approximate surface area is 132 Å². The first-order valence-corrected chi connectivity index (χ1v) is 7.48. The second kappa shape index (κ2) is 6.56. The van der Waals surface area contributed by atoms with Crippen LogP contribution in [0.4, 0.5) is 10.6 Å². The summed E-state index contributed by atoms with van der Waals surface area (Å²) in [4.78, 5) is 20.4. The first-order valence-electron chi connectivity index (χ1n) is 7.48. The first-order chi connectivity index (χ1) is 10.3. The van der Waals surface area contributed by atoms with Crippen LogP contribution >= 0.6 is 0 Å². The normalized spacial score (nSPS) is 19.0. The third-order valence-electron chi connectivity index (χ3n) is 3.50. The van der Waals surface area contributed by atoms with Crippen LogP contribution in [0.1, 0.15) is 27.7 Å². The van der Waals surface area contributed by atoms with Gasteiger partial charge in [0, 0.05) is 31.9 Å². The maximum atomic E-state index is 12.2. The number of anilines is 1. The SMILES string of the molecule is C[C@H]1CN(c2cc([B]O)ccn2)CCN1C(=O)OC(C)(C)C. The lowest BCUT2D eigenvalue weighted by Gasteiger charge is -2.40. The molecule has 22 heavy (non-hydrogen) atoms. The molecule has 1 aromatic rings. The van der Waals surface area contributed by atoms with Crippen molar-refractivity contribution in [2.75, 3.05) is 24.5 Å². The molecule has 0 bridgehead atoms.